The minimum Gasteiger partial charge on any atom is -0.490 e. The number of nitrogens with one attached hydrogen (secondary N) is 1. The van der Waals surface area contributed by atoms with Crippen molar-refractivity contribution in [3.05, 3.63) is 74.6 Å². The van der Waals surface area contributed by atoms with Crippen molar-refractivity contribution in [2.45, 2.75) is 77.0 Å². The Morgan fingerprint density at radius 2 is 2.03 bits per heavy atom. The topological polar surface area (TPSA) is 115 Å². The third-order valence-electron chi connectivity index (χ3n) is 7.04. The summed E-state index contributed by atoms with van der Waals surface area (Å²) in [6, 6.07) is 5.84. The van der Waals surface area contributed by atoms with Gasteiger partial charge in [0.2, 0.25) is 0 Å². The molecular formula is C26H34FN5O4. The first kappa shape index (κ1) is 25.8. The first-order valence-electron chi connectivity index (χ1n) is 12.5. The van der Waals surface area contributed by atoms with Crippen LogP contribution in [-0.2, 0) is 24.1 Å². The average Bonchev–Trinajstić information content (AvgIpc) is 3.55. The second-order valence-electron chi connectivity index (χ2n) is 10.4. The maximum atomic E-state index is 14.3. The molecule has 1 aliphatic rings. The van der Waals surface area contributed by atoms with Crippen molar-refractivity contribution in [2.75, 3.05) is 6.61 Å². The molecule has 194 valence electrons. The molecule has 0 spiro atoms. The number of hydrogen-bond donors (Lipinski definition) is 2. The van der Waals surface area contributed by atoms with E-state index in [-0.39, 0.29) is 17.7 Å². The summed E-state index contributed by atoms with van der Waals surface area (Å²) in [6.45, 7) is 7.08. The van der Waals surface area contributed by atoms with Crippen LogP contribution in [0.25, 0.3) is 0 Å². The number of aromatic amines is 1. The maximum absolute atomic E-state index is 14.3. The number of aryl methyl sites for hydroxylation is 1. The van der Waals surface area contributed by atoms with E-state index >= 15 is 0 Å². The Balaban J connectivity index is 1.48. The molecule has 1 aliphatic carbocycles. The van der Waals surface area contributed by atoms with Gasteiger partial charge in [0.15, 0.2) is 11.6 Å². The SMILES string of the molecule is CC[C@@](O)(Cn1nncc1C(C)(C)CCCn1ccc(=O)[nH]c1=O)c1ccc(F)c(OCC2CC2)c1. The summed E-state index contributed by atoms with van der Waals surface area (Å²) in [5.41, 5.74) is -1.10. The van der Waals surface area contributed by atoms with Crippen LogP contribution in [0, 0.1) is 11.7 Å². The summed E-state index contributed by atoms with van der Waals surface area (Å²) < 4.78 is 23.2. The van der Waals surface area contributed by atoms with Gasteiger partial charge in [-0.15, -0.1) is 5.10 Å². The second kappa shape index (κ2) is 10.4. The molecule has 0 unspecified atom stereocenters. The van der Waals surface area contributed by atoms with Crippen LogP contribution in [0.2, 0.25) is 0 Å². The molecule has 3 aromatic rings. The lowest BCUT2D eigenvalue weighted by molar-refractivity contribution is 0.00859. The molecule has 0 saturated heterocycles. The minimum atomic E-state index is -1.30. The summed E-state index contributed by atoms with van der Waals surface area (Å²) in [6.07, 6.45) is 7.17. The van der Waals surface area contributed by atoms with Gasteiger partial charge in [-0.1, -0.05) is 32.1 Å². The molecule has 10 heteroatoms. The van der Waals surface area contributed by atoms with Gasteiger partial charge in [-0.3, -0.25) is 9.78 Å². The Hall–Kier alpha value is -3.27. The standard InChI is InChI=1S/C26H34FN5O4/c1-4-26(35,19-8-9-20(27)21(14-19)36-16-18-6-7-18)17-32-22(15-28-30-32)25(2,3)11-5-12-31-13-10-23(33)29-24(31)34/h8-10,13-15,18,35H,4-7,11-12,16-17H2,1-3H3,(H,29,33,34)/t26-/m1/s1. The van der Waals surface area contributed by atoms with E-state index < -0.39 is 22.7 Å². The van der Waals surface area contributed by atoms with Crippen LogP contribution in [0.15, 0.2) is 46.2 Å². The average molecular weight is 500 g/mol. The molecule has 36 heavy (non-hydrogen) atoms. The van der Waals surface area contributed by atoms with E-state index in [1.165, 1.54) is 22.9 Å². The van der Waals surface area contributed by atoms with Crippen molar-refractivity contribution in [1.29, 1.82) is 0 Å². The van der Waals surface area contributed by atoms with Crippen LogP contribution in [0.1, 0.15) is 64.1 Å². The lowest BCUT2D eigenvalue weighted by atomic mass is 9.84. The van der Waals surface area contributed by atoms with Gasteiger partial charge >= 0.3 is 5.69 Å². The maximum Gasteiger partial charge on any atom is 0.328 e. The molecule has 1 aromatic carbocycles. The van der Waals surface area contributed by atoms with E-state index in [4.69, 9.17) is 4.74 Å². The number of nitrogens with zero attached hydrogens (tertiary/aromatic N) is 4. The van der Waals surface area contributed by atoms with Crippen molar-refractivity contribution in [3.8, 4) is 5.75 Å². The first-order chi connectivity index (χ1) is 17.1. The van der Waals surface area contributed by atoms with Crippen LogP contribution in [0.3, 0.4) is 0 Å². The predicted octanol–water partition coefficient (Wildman–Crippen LogP) is 3.11. The molecule has 0 amide bonds. The van der Waals surface area contributed by atoms with E-state index in [1.54, 1.807) is 23.0 Å². The van der Waals surface area contributed by atoms with E-state index in [0.29, 0.717) is 43.9 Å². The number of benzene rings is 1. The zero-order valence-corrected chi connectivity index (χ0v) is 21.0. The molecule has 9 nitrogen and oxygen atoms in total. The van der Waals surface area contributed by atoms with Crippen molar-refractivity contribution < 1.29 is 14.2 Å². The number of halogens is 1. The Morgan fingerprint density at radius 3 is 2.72 bits per heavy atom. The molecule has 2 N–H and O–H groups in total. The fourth-order valence-electron chi connectivity index (χ4n) is 4.39. The third kappa shape index (κ3) is 5.92. The highest BCUT2D eigenvalue weighted by molar-refractivity contribution is 5.34. The number of hydrogen-bond acceptors (Lipinski definition) is 6. The van der Waals surface area contributed by atoms with Crippen molar-refractivity contribution in [1.82, 2.24) is 24.5 Å². The second-order valence-corrected chi connectivity index (χ2v) is 10.4. The van der Waals surface area contributed by atoms with Gasteiger partial charge in [-0.05, 0) is 55.7 Å². The Bertz CT molecular complexity index is 1310. The zero-order chi connectivity index (χ0) is 25.9. The molecule has 0 aliphatic heterocycles. The van der Waals surface area contributed by atoms with Gasteiger partial charge in [0.25, 0.3) is 5.56 Å². The summed E-state index contributed by atoms with van der Waals surface area (Å²) in [4.78, 5) is 25.5. The summed E-state index contributed by atoms with van der Waals surface area (Å²) in [5, 5.41) is 19.9. The smallest absolute Gasteiger partial charge is 0.328 e. The summed E-state index contributed by atoms with van der Waals surface area (Å²) >= 11 is 0. The molecule has 1 saturated carbocycles. The molecule has 0 bridgehead atoms. The van der Waals surface area contributed by atoms with E-state index in [1.807, 2.05) is 6.92 Å². The van der Waals surface area contributed by atoms with Gasteiger partial charge in [-0.2, -0.15) is 0 Å². The zero-order valence-electron chi connectivity index (χ0n) is 21.0. The van der Waals surface area contributed by atoms with E-state index in [2.05, 4.69) is 29.1 Å². The Morgan fingerprint density at radius 1 is 1.25 bits per heavy atom. The van der Waals surface area contributed by atoms with Gasteiger partial charge in [0.1, 0.15) is 5.60 Å². The quantitative estimate of drug-likeness (QED) is 0.396. The molecular weight excluding hydrogens is 465 g/mol. The number of ether oxygens (including phenoxy) is 1. The highest BCUT2D eigenvalue weighted by Gasteiger charge is 2.33. The summed E-state index contributed by atoms with van der Waals surface area (Å²) in [7, 11) is 0. The van der Waals surface area contributed by atoms with Crippen LogP contribution >= 0.6 is 0 Å². The van der Waals surface area contributed by atoms with Gasteiger partial charge < -0.3 is 14.4 Å². The fourth-order valence-corrected chi connectivity index (χ4v) is 4.39. The number of rotatable bonds is 12. The Kier molecular flexibility index (Phi) is 7.44. The number of aromatic nitrogens is 5. The largest absolute Gasteiger partial charge is 0.490 e. The van der Waals surface area contributed by atoms with E-state index in [0.717, 1.165) is 18.5 Å². The fraction of sp³-hybridized carbons (Fsp3) is 0.538. The minimum absolute atomic E-state index is 0.148. The van der Waals surface area contributed by atoms with Crippen molar-refractivity contribution in [2.24, 2.45) is 5.92 Å². The Labute approximate surface area is 208 Å². The molecule has 1 atom stereocenters. The third-order valence-corrected chi connectivity index (χ3v) is 7.04. The molecule has 4 rings (SSSR count). The first-order valence-corrected chi connectivity index (χ1v) is 12.5. The normalized spacial score (nSPS) is 15.6. The van der Waals surface area contributed by atoms with Gasteiger partial charge in [0.05, 0.1) is 25.0 Å². The van der Waals surface area contributed by atoms with Crippen LogP contribution in [-0.4, -0.2) is 36.3 Å². The molecule has 2 aromatic heterocycles. The van der Waals surface area contributed by atoms with E-state index in [9.17, 15) is 19.1 Å². The van der Waals surface area contributed by atoms with Crippen LogP contribution in [0.5, 0.6) is 5.75 Å². The van der Waals surface area contributed by atoms with Crippen LogP contribution < -0.4 is 16.0 Å². The van der Waals surface area contributed by atoms with Crippen molar-refractivity contribution in [3.63, 3.8) is 0 Å². The predicted molar refractivity (Wildman–Crippen MR) is 132 cm³/mol. The number of H-pyrrole nitrogens is 1. The van der Waals surface area contributed by atoms with Gasteiger partial charge in [0, 0.05) is 24.2 Å². The van der Waals surface area contributed by atoms with Crippen molar-refractivity contribution >= 4 is 0 Å². The molecule has 1 fully saturated rings. The highest BCUT2D eigenvalue weighted by atomic mass is 19.1. The van der Waals surface area contributed by atoms with Gasteiger partial charge in [-0.25, -0.2) is 13.9 Å². The number of aliphatic hydroxyl groups is 1. The highest BCUT2D eigenvalue weighted by Crippen LogP contribution is 2.35. The molecule has 2 heterocycles. The lowest BCUT2D eigenvalue weighted by Crippen LogP contribution is -2.34. The molecule has 0 radical (unpaired) electrons. The summed E-state index contributed by atoms with van der Waals surface area (Å²) in [5.74, 6) is 0.200. The lowest BCUT2D eigenvalue weighted by Gasteiger charge is -2.31. The monoisotopic (exact) mass is 499 g/mol. The van der Waals surface area contributed by atoms with Crippen LogP contribution in [0.4, 0.5) is 4.39 Å².